The molecule has 0 spiro atoms. The van der Waals surface area contributed by atoms with Crippen molar-refractivity contribution in [3.8, 4) is 5.75 Å². The number of methoxy groups -OCH3 is 1. The van der Waals surface area contributed by atoms with Crippen molar-refractivity contribution in [2.45, 2.75) is 45.6 Å². The molecule has 0 aliphatic rings. The van der Waals surface area contributed by atoms with E-state index in [1.165, 1.54) is 0 Å². The largest absolute Gasteiger partial charge is 0.497 e. The molecule has 0 saturated carbocycles. The molecule has 1 heterocycles. The Morgan fingerprint density at radius 2 is 2.10 bits per heavy atom. The van der Waals surface area contributed by atoms with Crippen molar-refractivity contribution in [3.63, 3.8) is 0 Å². The number of aromatic nitrogens is 2. The van der Waals surface area contributed by atoms with Crippen molar-refractivity contribution >= 4 is 11.0 Å². The van der Waals surface area contributed by atoms with Crippen LogP contribution in [0.4, 0.5) is 0 Å². The summed E-state index contributed by atoms with van der Waals surface area (Å²) in [6, 6.07) is 6.08. The Kier molecular flexibility index (Phi) is 4.33. The van der Waals surface area contributed by atoms with Gasteiger partial charge in [0.15, 0.2) is 0 Å². The van der Waals surface area contributed by atoms with E-state index in [0.717, 1.165) is 42.0 Å². The second kappa shape index (κ2) is 5.83. The van der Waals surface area contributed by atoms with Crippen molar-refractivity contribution in [1.29, 1.82) is 0 Å². The van der Waals surface area contributed by atoms with E-state index in [2.05, 4.69) is 31.4 Å². The van der Waals surface area contributed by atoms with Gasteiger partial charge in [0.2, 0.25) is 0 Å². The van der Waals surface area contributed by atoms with E-state index in [4.69, 9.17) is 15.5 Å². The molecule has 4 heteroatoms. The summed E-state index contributed by atoms with van der Waals surface area (Å²) < 4.78 is 7.61. The van der Waals surface area contributed by atoms with Gasteiger partial charge < -0.3 is 15.0 Å². The predicted octanol–water partition coefficient (Wildman–Crippen LogP) is 3.08. The molecule has 1 aromatic carbocycles. The van der Waals surface area contributed by atoms with Crippen molar-refractivity contribution in [1.82, 2.24) is 9.55 Å². The van der Waals surface area contributed by atoms with E-state index in [1.807, 2.05) is 12.1 Å². The highest BCUT2D eigenvalue weighted by atomic mass is 16.5. The molecule has 0 aliphatic heterocycles. The van der Waals surface area contributed by atoms with Crippen molar-refractivity contribution in [2.24, 2.45) is 5.73 Å². The average molecular weight is 275 g/mol. The smallest absolute Gasteiger partial charge is 0.121 e. The maximum Gasteiger partial charge on any atom is 0.121 e. The van der Waals surface area contributed by atoms with Gasteiger partial charge in [0.25, 0.3) is 0 Å². The summed E-state index contributed by atoms with van der Waals surface area (Å²) in [5.41, 5.74) is 8.08. The molecule has 0 amide bonds. The maximum atomic E-state index is 6.01. The summed E-state index contributed by atoms with van der Waals surface area (Å²) in [6.07, 6.45) is 2.06. The van der Waals surface area contributed by atoms with Crippen molar-refractivity contribution in [2.75, 3.05) is 13.7 Å². The van der Waals surface area contributed by atoms with Crippen LogP contribution in [0.3, 0.4) is 0 Å². The van der Waals surface area contributed by atoms with E-state index >= 15 is 0 Å². The van der Waals surface area contributed by atoms with Gasteiger partial charge in [-0.15, -0.1) is 0 Å². The third-order valence-electron chi connectivity index (χ3n) is 4.17. The Morgan fingerprint density at radius 1 is 1.35 bits per heavy atom. The van der Waals surface area contributed by atoms with E-state index in [9.17, 15) is 0 Å². The van der Waals surface area contributed by atoms with Gasteiger partial charge in [0, 0.05) is 24.6 Å². The SMILES string of the molecule is CCCn1c(C(C)(CC)CN)nc2cc(OC)ccc21. The summed E-state index contributed by atoms with van der Waals surface area (Å²) >= 11 is 0. The van der Waals surface area contributed by atoms with E-state index in [0.29, 0.717) is 6.54 Å². The maximum absolute atomic E-state index is 6.01. The first-order valence-corrected chi connectivity index (χ1v) is 7.34. The normalized spacial score (nSPS) is 14.4. The highest BCUT2D eigenvalue weighted by Gasteiger charge is 2.29. The van der Waals surface area contributed by atoms with Crippen LogP contribution in [0.5, 0.6) is 5.75 Å². The summed E-state index contributed by atoms with van der Waals surface area (Å²) in [7, 11) is 1.68. The fraction of sp³-hybridized carbons (Fsp3) is 0.562. The molecular formula is C16H25N3O. The minimum atomic E-state index is -0.0819. The van der Waals surface area contributed by atoms with Crippen molar-refractivity contribution in [3.05, 3.63) is 24.0 Å². The predicted molar refractivity (Wildman–Crippen MR) is 83.3 cm³/mol. The number of nitrogens with two attached hydrogens (primary N) is 1. The first kappa shape index (κ1) is 14.9. The van der Waals surface area contributed by atoms with Crippen LogP contribution in [0.2, 0.25) is 0 Å². The summed E-state index contributed by atoms with van der Waals surface area (Å²) in [5.74, 6) is 1.93. The minimum Gasteiger partial charge on any atom is -0.497 e. The molecule has 2 rings (SSSR count). The molecule has 4 nitrogen and oxygen atoms in total. The van der Waals surface area contributed by atoms with Gasteiger partial charge >= 0.3 is 0 Å². The van der Waals surface area contributed by atoms with Gasteiger partial charge in [-0.1, -0.05) is 20.8 Å². The van der Waals surface area contributed by atoms with Crippen LogP contribution in [0.1, 0.15) is 39.4 Å². The van der Waals surface area contributed by atoms with Crippen LogP contribution in [-0.2, 0) is 12.0 Å². The van der Waals surface area contributed by atoms with Gasteiger partial charge in [-0.2, -0.15) is 0 Å². The molecule has 20 heavy (non-hydrogen) atoms. The number of aryl methyl sites for hydroxylation is 1. The Morgan fingerprint density at radius 3 is 2.65 bits per heavy atom. The second-order valence-electron chi connectivity index (χ2n) is 5.56. The molecule has 1 atom stereocenters. The zero-order chi connectivity index (χ0) is 14.8. The van der Waals surface area contributed by atoms with Crippen molar-refractivity contribution < 1.29 is 4.74 Å². The summed E-state index contributed by atoms with van der Waals surface area (Å²) in [4.78, 5) is 4.86. The zero-order valence-electron chi connectivity index (χ0n) is 12.9. The lowest BCUT2D eigenvalue weighted by atomic mass is 9.86. The molecule has 1 aromatic heterocycles. The lowest BCUT2D eigenvalue weighted by Gasteiger charge is -2.26. The number of hydrogen-bond donors (Lipinski definition) is 1. The number of benzene rings is 1. The van der Waals surface area contributed by atoms with Crippen LogP contribution in [0.15, 0.2) is 18.2 Å². The van der Waals surface area contributed by atoms with Crippen LogP contribution in [-0.4, -0.2) is 23.2 Å². The molecule has 1 unspecified atom stereocenters. The van der Waals surface area contributed by atoms with Crippen LogP contribution < -0.4 is 10.5 Å². The average Bonchev–Trinajstić information content (AvgIpc) is 2.85. The number of fused-ring (bicyclic) bond motifs is 1. The Balaban J connectivity index is 2.66. The Labute approximate surface area is 120 Å². The van der Waals surface area contributed by atoms with E-state index in [1.54, 1.807) is 7.11 Å². The lowest BCUT2D eigenvalue weighted by Crippen LogP contribution is -2.34. The minimum absolute atomic E-state index is 0.0819. The Bertz CT molecular complexity index is 585. The van der Waals surface area contributed by atoms with Gasteiger partial charge in [-0.25, -0.2) is 4.98 Å². The molecule has 0 saturated heterocycles. The quantitative estimate of drug-likeness (QED) is 0.881. The van der Waals surface area contributed by atoms with Crippen LogP contribution >= 0.6 is 0 Å². The third-order valence-corrected chi connectivity index (χ3v) is 4.17. The monoisotopic (exact) mass is 275 g/mol. The molecule has 0 radical (unpaired) electrons. The molecule has 110 valence electrons. The van der Waals surface area contributed by atoms with Gasteiger partial charge in [-0.05, 0) is 25.0 Å². The number of nitrogens with zero attached hydrogens (tertiary/aromatic N) is 2. The molecule has 0 aliphatic carbocycles. The highest BCUT2D eigenvalue weighted by molar-refractivity contribution is 5.78. The van der Waals surface area contributed by atoms with E-state index < -0.39 is 0 Å². The number of hydrogen-bond acceptors (Lipinski definition) is 3. The second-order valence-corrected chi connectivity index (χ2v) is 5.56. The topological polar surface area (TPSA) is 53.1 Å². The standard InChI is InChI=1S/C16H25N3O/c1-5-9-19-14-8-7-12(20-4)10-13(14)18-15(19)16(3,6-2)11-17/h7-8,10H,5-6,9,11,17H2,1-4H3. The molecule has 2 N–H and O–H groups in total. The van der Waals surface area contributed by atoms with Crippen LogP contribution in [0, 0.1) is 0 Å². The number of ether oxygens (including phenoxy) is 1. The lowest BCUT2D eigenvalue weighted by molar-refractivity contribution is 0.415. The third kappa shape index (κ3) is 2.40. The molecule has 2 aromatic rings. The van der Waals surface area contributed by atoms with E-state index in [-0.39, 0.29) is 5.41 Å². The van der Waals surface area contributed by atoms with Crippen LogP contribution in [0.25, 0.3) is 11.0 Å². The zero-order valence-corrected chi connectivity index (χ0v) is 12.9. The summed E-state index contributed by atoms with van der Waals surface area (Å²) in [6.45, 7) is 8.12. The fourth-order valence-corrected chi connectivity index (χ4v) is 2.54. The molecule has 0 fully saturated rings. The van der Waals surface area contributed by atoms with Gasteiger partial charge in [0.05, 0.1) is 18.1 Å². The molecule has 0 bridgehead atoms. The molecular weight excluding hydrogens is 250 g/mol. The first-order chi connectivity index (χ1) is 9.59. The highest BCUT2D eigenvalue weighted by Crippen LogP contribution is 2.30. The number of rotatable bonds is 6. The number of imidazole rings is 1. The van der Waals surface area contributed by atoms with Gasteiger partial charge in [-0.3, -0.25) is 0 Å². The summed E-state index contributed by atoms with van der Waals surface area (Å²) in [5, 5.41) is 0. The first-order valence-electron chi connectivity index (χ1n) is 7.34. The fourth-order valence-electron chi connectivity index (χ4n) is 2.54. The Hall–Kier alpha value is -1.55. The van der Waals surface area contributed by atoms with Gasteiger partial charge in [0.1, 0.15) is 11.6 Å².